The molecule has 1 atom stereocenters. The van der Waals surface area contributed by atoms with Gasteiger partial charge in [0, 0.05) is 0 Å². The first-order valence-corrected chi connectivity index (χ1v) is 8.24. The van der Waals surface area contributed by atoms with Gasteiger partial charge in [0.2, 0.25) is 3.79 Å². The molecule has 0 spiro atoms. The third kappa shape index (κ3) is 4.43. The van der Waals surface area contributed by atoms with E-state index in [0.717, 1.165) is 0 Å². The number of hydrogen-bond acceptors (Lipinski definition) is 4. The molecule has 0 saturated heterocycles. The maximum absolute atomic E-state index is 12.2. The first-order chi connectivity index (χ1) is 10.4. The van der Waals surface area contributed by atoms with Gasteiger partial charge in [0.15, 0.2) is 0 Å². The Balaban J connectivity index is 2.18. The monoisotopic (exact) mass is 378 g/mol. The number of benzene rings is 1. The van der Waals surface area contributed by atoms with Gasteiger partial charge in [0.1, 0.15) is 11.9 Å². The number of rotatable bonds is 5. The number of thiophene rings is 1. The fraction of sp³-hybridized carbons (Fsp3) is 0.214. The predicted octanol–water partition coefficient (Wildman–Crippen LogP) is 4.29. The summed E-state index contributed by atoms with van der Waals surface area (Å²) in [7, 11) is 1.54. The molecule has 0 aliphatic rings. The molecule has 0 radical (unpaired) electrons. The Kier molecular flexibility index (Phi) is 5.81. The molecule has 0 aliphatic carbocycles. The third-order valence-electron chi connectivity index (χ3n) is 2.75. The maximum Gasteiger partial charge on any atom is 0.263 e. The fourth-order valence-corrected chi connectivity index (χ4v) is 2.68. The van der Waals surface area contributed by atoms with E-state index in [1.165, 1.54) is 18.4 Å². The molecule has 1 amide bonds. The second-order valence-corrected chi connectivity index (χ2v) is 7.59. The number of ether oxygens (including phenoxy) is 1. The minimum atomic E-state index is -1.74. The fourth-order valence-electron chi connectivity index (χ4n) is 1.73. The van der Waals surface area contributed by atoms with Crippen LogP contribution < -0.4 is 15.4 Å². The number of carbonyl (C=O) groups is 1. The molecular weight excluding hydrogens is 367 g/mol. The van der Waals surface area contributed by atoms with Crippen LogP contribution in [0.2, 0.25) is 0 Å². The van der Waals surface area contributed by atoms with Crippen molar-refractivity contribution in [1.82, 2.24) is 5.32 Å². The van der Waals surface area contributed by atoms with E-state index in [4.69, 9.17) is 39.5 Å². The van der Waals surface area contributed by atoms with Crippen LogP contribution in [0.15, 0.2) is 41.8 Å². The SMILES string of the molecule is COc1ccccc1N[C@H](NC(=O)c1cccs1)C(Cl)(Cl)Cl. The standard InChI is InChI=1S/C14H13Cl3N2O2S/c1-21-10-6-3-2-5-9(10)18-13(14(15,16)17)19-12(20)11-7-4-8-22-11/h2-8,13,18H,1H3,(H,19,20)/t13-/m1/s1. The number of methoxy groups -OCH3 is 1. The minimum absolute atomic E-state index is 0.325. The highest BCUT2D eigenvalue weighted by atomic mass is 35.6. The summed E-state index contributed by atoms with van der Waals surface area (Å²) in [6.07, 6.45) is -0.927. The van der Waals surface area contributed by atoms with Gasteiger partial charge in [-0.05, 0) is 23.6 Å². The molecule has 1 aromatic heterocycles. The van der Waals surface area contributed by atoms with E-state index in [1.54, 1.807) is 35.7 Å². The van der Waals surface area contributed by atoms with Gasteiger partial charge >= 0.3 is 0 Å². The van der Waals surface area contributed by atoms with Crippen LogP contribution in [-0.4, -0.2) is 23.0 Å². The predicted molar refractivity (Wildman–Crippen MR) is 92.5 cm³/mol. The lowest BCUT2D eigenvalue weighted by molar-refractivity contribution is 0.0946. The number of nitrogens with one attached hydrogen (secondary N) is 2. The minimum Gasteiger partial charge on any atom is -0.495 e. The van der Waals surface area contributed by atoms with Gasteiger partial charge in [0.25, 0.3) is 5.91 Å². The molecule has 0 aliphatic heterocycles. The van der Waals surface area contributed by atoms with Gasteiger partial charge in [-0.15, -0.1) is 11.3 Å². The second kappa shape index (κ2) is 7.42. The lowest BCUT2D eigenvalue weighted by Gasteiger charge is -2.27. The number of hydrogen-bond donors (Lipinski definition) is 2. The van der Waals surface area contributed by atoms with E-state index < -0.39 is 9.96 Å². The summed E-state index contributed by atoms with van der Waals surface area (Å²) >= 11 is 19.2. The number of halogens is 3. The summed E-state index contributed by atoms with van der Waals surface area (Å²) in [6.45, 7) is 0. The van der Waals surface area contributed by atoms with Crippen molar-refractivity contribution in [2.24, 2.45) is 0 Å². The first kappa shape index (κ1) is 17.2. The van der Waals surface area contributed by atoms with Crippen LogP contribution in [0.25, 0.3) is 0 Å². The van der Waals surface area contributed by atoms with Gasteiger partial charge in [-0.2, -0.15) is 0 Å². The number of carbonyl (C=O) groups excluding carboxylic acids is 1. The summed E-state index contributed by atoms with van der Waals surface area (Å²) in [5.41, 5.74) is 0.604. The molecule has 4 nitrogen and oxygen atoms in total. The van der Waals surface area contributed by atoms with E-state index >= 15 is 0 Å². The highest BCUT2D eigenvalue weighted by molar-refractivity contribution is 7.12. The smallest absolute Gasteiger partial charge is 0.263 e. The van der Waals surface area contributed by atoms with E-state index in [9.17, 15) is 4.79 Å². The van der Waals surface area contributed by atoms with Crippen molar-refractivity contribution < 1.29 is 9.53 Å². The summed E-state index contributed by atoms with van der Waals surface area (Å²) in [5.74, 6) is 0.251. The lowest BCUT2D eigenvalue weighted by atomic mass is 10.3. The number of para-hydroxylation sites is 2. The van der Waals surface area contributed by atoms with Crippen molar-refractivity contribution in [1.29, 1.82) is 0 Å². The van der Waals surface area contributed by atoms with Gasteiger partial charge < -0.3 is 15.4 Å². The molecule has 0 bridgehead atoms. The van der Waals surface area contributed by atoms with Crippen molar-refractivity contribution in [2.45, 2.75) is 9.96 Å². The van der Waals surface area contributed by atoms with Gasteiger partial charge in [-0.3, -0.25) is 4.79 Å². The quantitative estimate of drug-likeness (QED) is 0.602. The molecule has 118 valence electrons. The summed E-state index contributed by atoms with van der Waals surface area (Å²) in [4.78, 5) is 12.7. The molecule has 1 heterocycles. The van der Waals surface area contributed by atoms with Crippen LogP contribution in [-0.2, 0) is 0 Å². The number of anilines is 1. The summed E-state index contributed by atoms with van der Waals surface area (Å²) in [5, 5.41) is 7.45. The van der Waals surface area contributed by atoms with Crippen molar-refractivity contribution in [3.63, 3.8) is 0 Å². The lowest BCUT2D eigenvalue weighted by Crippen LogP contribution is -2.49. The van der Waals surface area contributed by atoms with Crippen molar-refractivity contribution in [3.8, 4) is 5.75 Å². The maximum atomic E-state index is 12.2. The second-order valence-electron chi connectivity index (χ2n) is 4.27. The Morgan fingerprint density at radius 3 is 2.55 bits per heavy atom. The van der Waals surface area contributed by atoms with Crippen LogP contribution in [0.3, 0.4) is 0 Å². The van der Waals surface area contributed by atoms with Crippen LogP contribution in [0.5, 0.6) is 5.75 Å². The van der Waals surface area contributed by atoms with Gasteiger partial charge in [0.05, 0.1) is 17.7 Å². The van der Waals surface area contributed by atoms with Gasteiger partial charge in [-0.25, -0.2) is 0 Å². The van der Waals surface area contributed by atoms with Crippen LogP contribution in [0.1, 0.15) is 9.67 Å². The first-order valence-electron chi connectivity index (χ1n) is 6.22. The summed E-state index contributed by atoms with van der Waals surface area (Å²) in [6, 6.07) is 10.6. The zero-order chi connectivity index (χ0) is 16.2. The average molecular weight is 380 g/mol. The van der Waals surface area contributed by atoms with Crippen LogP contribution in [0, 0.1) is 0 Å². The largest absolute Gasteiger partial charge is 0.495 e. The van der Waals surface area contributed by atoms with E-state index in [1.807, 2.05) is 6.07 Å². The van der Waals surface area contributed by atoms with Crippen molar-refractivity contribution >= 4 is 57.7 Å². The Labute approximate surface area is 147 Å². The number of alkyl halides is 3. The molecule has 0 saturated carbocycles. The van der Waals surface area contributed by atoms with Crippen molar-refractivity contribution in [2.75, 3.05) is 12.4 Å². The van der Waals surface area contributed by atoms with E-state index in [2.05, 4.69) is 10.6 Å². The Bertz CT molecular complexity index is 629. The Hall–Kier alpha value is -1.14. The topological polar surface area (TPSA) is 50.4 Å². The molecule has 2 N–H and O–H groups in total. The zero-order valence-electron chi connectivity index (χ0n) is 11.5. The molecule has 0 fully saturated rings. The van der Waals surface area contributed by atoms with Crippen LogP contribution in [0.4, 0.5) is 5.69 Å². The molecule has 8 heteroatoms. The Morgan fingerprint density at radius 2 is 1.95 bits per heavy atom. The average Bonchev–Trinajstić information content (AvgIpc) is 3.00. The zero-order valence-corrected chi connectivity index (χ0v) is 14.6. The molecule has 1 aromatic carbocycles. The van der Waals surface area contributed by atoms with Crippen LogP contribution >= 0.6 is 46.1 Å². The molecule has 22 heavy (non-hydrogen) atoms. The molecule has 0 unspecified atom stereocenters. The molecular formula is C14H13Cl3N2O2S. The highest BCUT2D eigenvalue weighted by Gasteiger charge is 2.34. The Morgan fingerprint density at radius 1 is 1.23 bits per heavy atom. The number of amides is 1. The third-order valence-corrected chi connectivity index (χ3v) is 4.28. The van der Waals surface area contributed by atoms with Crippen molar-refractivity contribution in [3.05, 3.63) is 46.7 Å². The molecule has 2 rings (SSSR count). The summed E-state index contributed by atoms with van der Waals surface area (Å²) < 4.78 is 3.49. The van der Waals surface area contributed by atoms with Gasteiger partial charge in [-0.1, -0.05) is 53.0 Å². The van der Waals surface area contributed by atoms with E-state index in [0.29, 0.717) is 16.3 Å². The molecule has 2 aromatic rings. The highest BCUT2D eigenvalue weighted by Crippen LogP contribution is 2.33. The normalized spacial score (nSPS) is 12.5. The van der Waals surface area contributed by atoms with E-state index in [-0.39, 0.29) is 5.91 Å².